The fraction of sp³-hybridized carbons (Fsp3) is 0.105. The molecule has 1 heterocycles. The number of hydrogen-bond donors (Lipinski definition) is 2. The molecule has 3 heteroatoms. The number of hydrogen-bond acceptors (Lipinski definition) is 2. The number of benzene rings is 2. The van der Waals surface area contributed by atoms with Gasteiger partial charge in [-0.2, -0.15) is 0 Å². The van der Waals surface area contributed by atoms with Gasteiger partial charge < -0.3 is 10.6 Å². The molecule has 3 nitrogen and oxygen atoms in total. The van der Waals surface area contributed by atoms with Gasteiger partial charge in [-0.25, -0.2) is 0 Å². The van der Waals surface area contributed by atoms with E-state index >= 15 is 0 Å². The molecule has 2 N–H and O–H groups in total. The number of fused-ring (bicyclic) bond motifs is 1. The summed E-state index contributed by atoms with van der Waals surface area (Å²) in [5.74, 6) is -0.0826. The Morgan fingerprint density at radius 2 is 1.86 bits per heavy atom. The van der Waals surface area contributed by atoms with E-state index in [2.05, 4.69) is 22.8 Å². The molecule has 1 aliphatic rings. The maximum atomic E-state index is 11.9. The smallest absolute Gasteiger partial charge is 0.244 e. The normalized spacial score (nSPS) is 13.2. The summed E-state index contributed by atoms with van der Waals surface area (Å²) in [5.41, 5.74) is 4.40. The van der Waals surface area contributed by atoms with Gasteiger partial charge in [0.1, 0.15) is 0 Å². The fourth-order valence-electron chi connectivity index (χ4n) is 2.44. The Kier molecular flexibility index (Phi) is 4.35. The van der Waals surface area contributed by atoms with Crippen molar-refractivity contribution in [2.45, 2.75) is 6.54 Å². The summed E-state index contributed by atoms with van der Waals surface area (Å²) in [7, 11) is 0. The van der Waals surface area contributed by atoms with E-state index in [1.54, 1.807) is 6.08 Å². The molecule has 1 amide bonds. The predicted octanol–water partition coefficient (Wildman–Crippen LogP) is 3.37. The summed E-state index contributed by atoms with van der Waals surface area (Å²) in [6, 6.07) is 18.0. The molecule has 22 heavy (non-hydrogen) atoms. The van der Waals surface area contributed by atoms with E-state index in [-0.39, 0.29) is 5.91 Å². The summed E-state index contributed by atoms with van der Waals surface area (Å²) >= 11 is 0. The maximum absolute atomic E-state index is 11.9. The fourth-order valence-corrected chi connectivity index (χ4v) is 2.44. The summed E-state index contributed by atoms with van der Waals surface area (Å²) < 4.78 is 0. The molecule has 0 aliphatic carbocycles. The van der Waals surface area contributed by atoms with Crippen LogP contribution in [0.3, 0.4) is 0 Å². The lowest BCUT2D eigenvalue weighted by Gasteiger charge is -2.16. The molecule has 2 aromatic rings. The summed E-state index contributed by atoms with van der Waals surface area (Å²) in [6.45, 7) is 1.32. The van der Waals surface area contributed by atoms with Gasteiger partial charge in [-0.05, 0) is 23.3 Å². The van der Waals surface area contributed by atoms with Crippen molar-refractivity contribution in [2.75, 3.05) is 11.9 Å². The summed E-state index contributed by atoms with van der Waals surface area (Å²) in [5, 5.41) is 6.21. The number of allylic oxidation sites excluding steroid dienone is 2. The zero-order valence-electron chi connectivity index (χ0n) is 12.3. The van der Waals surface area contributed by atoms with Crippen molar-refractivity contribution < 1.29 is 4.79 Å². The summed E-state index contributed by atoms with van der Waals surface area (Å²) in [4.78, 5) is 11.9. The third-order valence-corrected chi connectivity index (χ3v) is 3.58. The summed E-state index contributed by atoms with van der Waals surface area (Å²) in [6.07, 6.45) is 5.56. The number of anilines is 1. The van der Waals surface area contributed by atoms with Crippen molar-refractivity contribution in [1.82, 2.24) is 5.32 Å². The number of rotatable bonds is 4. The van der Waals surface area contributed by atoms with Crippen LogP contribution in [0.15, 0.2) is 72.8 Å². The topological polar surface area (TPSA) is 41.1 Å². The van der Waals surface area contributed by atoms with Crippen LogP contribution in [0.5, 0.6) is 0 Å². The van der Waals surface area contributed by atoms with Gasteiger partial charge in [0.25, 0.3) is 0 Å². The molecule has 0 bridgehead atoms. The van der Waals surface area contributed by atoms with E-state index in [1.165, 1.54) is 0 Å². The third kappa shape index (κ3) is 3.44. The van der Waals surface area contributed by atoms with Crippen LogP contribution in [0.4, 0.5) is 5.69 Å². The zero-order chi connectivity index (χ0) is 15.2. The van der Waals surface area contributed by atoms with Crippen LogP contribution in [0.25, 0.3) is 5.57 Å². The van der Waals surface area contributed by atoms with E-state index in [0.29, 0.717) is 6.54 Å². The second-order valence-corrected chi connectivity index (χ2v) is 5.12. The maximum Gasteiger partial charge on any atom is 0.244 e. The van der Waals surface area contributed by atoms with Crippen molar-refractivity contribution in [3.63, 3.8) is 0 Å². The Balaban J connectivity index is 1.62. The van der Waals surface area contributed by atoms with Crippen LogP contribution in [-0.4, -0.2) is 12.5 Å². The first-order valence-electron chi connectivity index (χ1n) is 7.36. The molecule has 0 aromatic heterocycles. The van der Waals surface area contributed by atoms with Crippen molar-refractivity contribution in [3.8, 4) is 0 Å². The first-order valence-corrected chi connectivity index (χ1v) is 7.36. The molecule has 110 valence electrons. The van der Waals surface area contributed by atoms with E-state index in [4.69, 9.17) is 0 Å². The Morgan fingerprint density at radius 1 is 1.09 bits per heavy atom. The number of nitrogens with one attached hydrogen (secondary N) is 2. The second-order valence-electron chi connectivity index (χ2n) is 5.12. The Morgan fingerprint density at radius 3 is 2.73 bits per heavy atom. The minimum atomic E-state index is -0.0826. The van der Waals surface area contributed by atoms with Gasteiger partial charge in [0, 0.05) is 30.4 Å². The average Bonchev–Trinajstić information content (AvgIpc) is 2.59. The van der Waals surface area contributed by atoms with Crippen LogP contribution in [0.1, 0.15) is 11.1 Å². The van der Waals surface area contributed by atoms with Gasteiger partial charge in [0.2, 0.25) is 5.91 Å². The highest BCUT2D eigenvalue weighted by molar-refractivity contribution is 5.93. The molecule has 0 saturated heterocycles. The molecule has 0 radical (unpaired) electrons. The average molecular weight is 290 g/mol. The second kappa shape index (κ2) is 6.76. The molecule has 0 unspecified atom stereocenters. The minimum absolute atomic E-state index is 0.0826. The van der Waals surface area contributed by atoms with Crippen LogP contribution in [0.2, 0.25) is 0 Å². The molecule has 0 atom stereocenters. The van der Waals surface area contributed by atoms with Gasteiger partial charge in [0.05, 0.1) is 0 Å². The highest BCUT2D eigenvalue weighted by atomic mass is 16.1. The van der Waals surface area contributed by atoms with E-state index in [1.807, 2.05) is 54.6 Å². The third-order valence-electron chi connectivity index (χ3n) is 3.58. The number of carbonyl (C=O) groups is 1. The van der Waals surface area contributed by atoms with Crippen molar-refractivity contribution >= 4 is 17.2 Å². The molecule has 3 rings (SSSR count). The molecular formula is C19H18N2O. The van der Waals surface area contributed by atoms with Crippen molar-refractivity contribution in [1.29, 1.82) is 0 Å². The van der Waals surface area contributed by atoms with Crippen LogP contribution in [-0.2, 0) is 11.3 Å². The Bertz CT molecular complexity index is 717. The molecule has 1 aliphatic heterocycles. The molecule has 2 aromatic carbocycles. The van der Waals surface area contributed by atoms with Gasteiger partial charge in [-0.15, -0.1) is 0 Å². The lowest BCUT2D eigenvalue weighted by Crippen LogP contribution is -2.20. The highest BCUT2D eigenvalue weighted by Crippen LogP contribution is 2.27. The SMILES string of the molecule is O=C(/C=C/C1=CCNc2ccccc21)NCc1ccccc1. The lowest BCUT2D eigenvalue weighted by atomic mass is 10.00. The monoisotopic (exact) mass is 290 g/mol. The predicted molar refractivity (Wildman–Crippen MR) is 90.3 cm³/mol. The van der Waals surface area contributed by atoms with Crippen LogP contribution >= 0.6 is 0 Å². The van der Waals surface area contributed by atoms with Crippen molar-refractivity contribution in [2.24, 2.45) is 0 Å². The highest BCUT2D eigenvalue weighted by Gasteiger charge is 2.08. The molecule has 0 fully saturated rings. The van der Waals surface area contributed by atoms with Gasteiger partial charge in [-0.1, -0.05) is 54.6 Å². The first kappa shape index (κ1) is 14.1. The molecular weight excluding hydrogens is 272 g/mol. The van der Waals surface area contributed by atoms with Gasteiger partial charge in [0.15, 0.2) is 0 Å². The largest absolute Gasteiger partial charge is 0.381 e. The number of carbonyl (C=O) groups excluding carboxylic acids is 1. The number of amides is 1. The lowest BCUT2D eigenvalue weighted by molar-refractivity contribution is -0.116. The van der Waals surface area contributed by atoms with E-state index in [0.717, 1.165) is 28.9 Å². The molecule has 0 saturated carbocycles. The van der Waals surface area contributed by atoms with Crippen LogP contribution < -0.4 is 10.6 Å². The van der Waals surface area contributed by atoms with Gasteiger partial charge in [-0.3, -0.25) is 4.79 Å². The van der Waals surface area contributed by atoms with Gasteiger partial charge >= 0.3 is 0 Å². The van der Waals surface area contributed by atoms with E-state index in [9.17, 15) is 4.79 Å². The Hall–Kier alpha value is -2.81. The quantitative estimate of drug-likeness (QED) is 0.848. The van der Waals surface area contributed by atoms with E-state index < -0.39 is 0 Å². The van der Waals surface area contributed by atoms with Crippen molar-refractivity contribution in [3.05, 3.63) is 84.0 Å². The minimum Gasteiger partial charge on any atom is -0.381 e. The standard InChI is InChI=1S/C19H18N2O/c22-19(21-14-15-6-2-1-3-7-15)11-10-16-12-13-20-18-9-5-4-8-17(16)18/h1-12,20H,13-14H2,(H,21,22)/b11-10+. The molecule has 0 spiro atoms. The van der Waals surface area contributed by atoms with Crippen LogP contribution in [0, 0.1) is 0 Å². The first-order chi connectivity index (χ1) is 10.8. The zero-order valence-corrected chi connectivity index (χ0v) is 12.3. The Labute approximate surface area is 130 Å². The number of para-hydroxylation sites is 1.